The van der Waals surface area contributed by atoms with Crippen LogP contribution in [0.5, 0.6) is 0 Å². The van der Waals surface area contributed by atoms with E-state index < -0.39 is 27.3 Å². The van der Waals surface area contributed by atoms with Crippen LogP contribution in [0.4, 0.5) is 0 Å². The van der Waals surface area contributed by atoms with Crippen LogP contribution in [-0.2, 0) is 28.8 Å². The van der Waals surface area contributed by atoms with Crippen molar-refractivity contribution in [3.8, 4) is 0 Å². The zero-order valence-electron chi connectivity index (χ0n) is 12.6. The lowest BCUT2D eigenvalue weighted by molar-refractivity contribution is -0.147. The molecule has 122 valence electrons. The summed E-state index contributed by atoms with van der Waals surface area (Å²) in [7, 11) is -0.821. The molecule has 2 rings (SSSR count). The van der Waals surface area contributed by atoms with Crippen molar-refractivity contribution in [1.82, 2.24) is 0 Å². The van der Waals surface area contributed by atoms with Gasteiger partial charge in [0.05, 0.1) is 30.6 Å². The molecule has 0 unspecified atom stereocenters. The summed E-state index contributed by atoms with van der Waals surface area (Å²) in [4.78, 5) is 11.6. The van der Waals surface area contributed by atoms with Crippen molar-refractivity contribution >= 4 is 15.8 Å². The van der Waals surface area contributed by atoms with Gasteiger partial charge in [0, 0.05) is 20.0 Å². The van der Waals surface area contributed by atoms with Gasteiger partial charge >= 0.3 is 5.97 Å². The Morgan fingerprint density at radius 1 is 1.23 bits per heavy atom. The van der Waals surface area contributed by atoms with Crippen LogP contribution in [0.15, 0.2) is 35.2 Å². The van der Waals surface area contributed by atoms with E-state index in [0.29, 0.717) is 6.42 Å². The van der Waals surface area contributed by atoms with E-state index in [2.05, 4.69) is 4.74 Å². The average molecular weight is 328 g/mol. The third kappa shape index (κ3) is 3.85. The summed E-state index contributed by atoms with van der Waals surface area (Å²) in [6.45, 7) is 0. The minimum absolute atomic E-state index is 0.0111. The number of sulfone groups is 1. The van der Waals surface area contributed by atoms with Crippen LogP contribution in [-0.4, -0.2) is 46.3 Å². The molecule has 0 radical (unpaired) electrons. The van der Waals surface area contributed by atoms with Crippen molar-refractivity contribution in [3.63, 3.8) is 0 Å². The molecule has 0 N–H and O–H groups in total. The molecule has 1 aliphatic heterocycles. The molecular formula is C15H20O6S. The predicted molar refractivity (Wildman–Crippen MR) is 79.0 cm³/mol. The number of rotatable bonds is 5. The SMILES string of the molecule is COC(=O)C[C@@H]1C[C@H](OC)C[C@@H](S(=O)(=O)c2ccccc2)O1. The molecule has 7 heteroatoms. The zero-order chi connectivity index (χ0) is 16.2. The molecule has 1 aliphatic rings. The van der Waals surface area contributed by atoms with E-state index in [9.17, 15) is 13.2 Å². The second-order valence-electron chi connectivity index (χ2n) is 5.16. The highest BCUT2D eigenvalue weighted by molar-refractivity contribution is 7.91. The second kappa shape index (κ2) is 7.21. The van der Waals surface area contributed by atoms with Crippen LogP contribution >= 0.6 is 0 Å². The summed E-state index contributed by atoms with van der Waals surface area (Å²) in [5.74, 6) is -0.433. The molecule has 1 aromatic rings. The Kier molecular flexibility index (Phi) is 5.55. The highest BCUT2D eigenvalue weighted by atomic mass is 32.2. The molecule has 3 atom stereocenters. The van der Waals surface area contributed by atoms with Crippen molar-refractivity contribution in [3.05, 3.63) is 30.3 Å². The van der Waals surface area contributed by atoms with Gasteiger partial charge in [-0.2, -0.15) is 0 Å². The fraction of sp³-hybridized carbons (Fsp3) is 0.533. The lowest BCUT2D eigenvalue weighted by atomic mass is 10.0. The fourth-order valence-corrected chi connectivity index (χ4v) is 4.10. The molecule has 1 heterocycles. The van der Waals surface area contributed by atoms with Gasteiger partial charge in [-0.3, -0.25) is 4.79 Å². The van der Waals surface area contributed by atoms with Gasteiger partial charge < -0.3 is 14.2 Å². The smallest absolute Gasteiger partial charge is 0.308 e. The number of esters is 1. The molecule has 1 saturated heterocycles. The van der Waals surface area contributed by atoms with Gasteiger partial charge in [-0.25, -0.2) is 8.42 Å². The monoisotopic (exact) mass is 328 g/mol. The van der Waals surface area contributed by atoms with Crippen LogP contribution in [0.1, 0.15) is 19.3 Å². The lowest BCUT2D eigenvalue weighted by Crippen LogP contribution is -2.41. The summed E-state index contributed by atoms with van der Waals surface area (Å²) in [5.41, 5.74) is -1.02. The molecular weight excluding hydrogens is 308 g/mol. The fourth-order valence-electron chi connectivity index (χ4n) is 2.48. The third-order valence-corrected chi connectivity index (χ3v) is 5.62. The molecule has 0 amide bonds. The summed E-state index contributed by atoms with van der Waals surface area (Å²) in [6.07, 6.45) is -0.0869. The van der Waals surface area contributed by atoms with Gasteiger partial charge in [0.25, 0.3) is 0 Å². The van der Waals surface area contributed by atoms with Crippen molar-refractivity contribution in [2.45, 2.75) is 41.8 Å². The summed E-state index contributed by atoms with van der Waals surface area (Å²) in [6, 6.07) is 8.14. The van der Waals surface area contributed by atoms with Crippen molar-refractivity contribution in [1.29, 1.82) is 0 Å². The minimum atomic E-state index is -3.63. The first-order chi connectivity index (χ1) is 10.5. The van der Waals surface area contributed by atoms with Gasteiger partial charge in [0.15, 0.2) is 5.44 Å². The number of ether oxygens (including phenoxy) is 3. The van der Waals surface area contributed by atoms with Crippen LogP contribution < -0.4 is 0 Å². The summed E-state index contributed by atoms with van der Waals surface area (Å²) >= 11 is 0. The highest BCUT2D eigenvalue weighted by Gasteiger charge is 2.39. The Hall–Kier alpha value is -1.44. The van der Waals surface area contributed by atoms with Crippen molar-refractivity contribution < 1.29 is 27.4 Å². The standard InChI is InChI=1S/C15H20O6S/c1-19-11-8-12(9-14(16)20-2)21-15(10-11)22(17,18)13-6-4-3-5-7-13/h3-7,11-12,15H,8-10H2,1-2H3/t11-,12-,15+/m0/s1. The second-order valence-corrected chi connectivity index (χ2v) is 7.24. The maximum Gasteiger partial charge on any atom is 0.308 e. The molecule has 0 saturated carbocycles. The number of carbonyl (C=O) groups is 1. The van der Waals surface area contributed by atoms with E-state index in [0.717, 1.165) is 0 Å². The quantitative estimate of drug-likeness (QED) is 0.763. The number of hydrogen-bond donors (Lipinski definition) is 0. The maximum absolute atomic E-state index is 12.7. The van der Waals surface area contributed by atoms with Gasteiger partial charge in [0.2, 0.25) is 9.84 Å². The summed E-state index contributed by atoms with van der Waals surface area (Å²) < 4.78 is 40.9. The molecule has 0 spiro atoms. The molecule has 22 heavy (non-hydrogen) atoms. The largest absolute Gasteiger partial charge is 0.469 e. The maximum atomic E-state index is 12.7. The molecule has 0 bridgehead atoms. The predicted octanol–water partition coefficient (Wildman–Crippen LogP) is 1.54. The minimum Gasteiger partial charge on any atom is -0.469 e. The number of methoxy groups -OCH3 is 2. The first kappa shape index (κ1) is 16.9. The van der Waals surface area contributed by atoms with E-state index >= 15 is 0 Å². The lowest BCUT2D eigenvalue weighted by Gasteiger charge is -2.34. The zero-order valence-corrected chi connectivity index (χ0v) is 13.4. The average Bonchev–Trinajstić information content (AvgIpc) is 2.55. The Labute approximate surface area is 130 Å². The third-order valence-electron chi connectivity index (χ3n) is 3.70. The number of benzene rings is 1. The van der Waals surface area contributed by atoms with Gasteiger partial charge in [0.1, 0.15) is 0 Å². The van der Waals surface area contributed by atoms with Crippen LogP contribution in [0.3, 0.4) is 0 Å². The van der Waals surface area contributed by atoms with E-state index in [-0.39, 0.29) is 23.8 Å². The Morgan fingerprint density at radius 3 is 2.50 bits per heavy atom. The van der Waals surface area contributed by atoms with Gasteiger partial charge in [-0.15, -0.1) is 0 Å². The van der Waals surface area contributed by atoms with Crippen LogP contribution in [0.25, 0.3) is 0 Å². The van der Waals surface area contributed by atoms with Gasteiger partial charge in [-0.05, 0) is 12.1 Å². The first-order valence-corrected chi connectivity index (χ1v) is 8.56. The topological polar surface area (TPSA) is 78.9 Å². The Morgan fingerprint density at radius 2 is 1.91 bits per heavy atom. The first-order valence-electron chi connectivity index (χ1n) is 7.01. The Balaban J connectivity index is 2.20. The van der Waals surface area contributed by atoms with E-state index in [4.69, 9.17) is 9.47 Å². The molecule has 6 nitrogen and oxygen atoms in total. The van der Waals surface area contributed by atoms with E-state index in [1.807, 2.05) is 0 Å². The molecule has 1 aromatic carbocycles. The van der Waals surface area contributed by atoms with Gasteiger partial charge in [-0.1, -0.05) is 18.2 Å². The normalized spacial score (nSPS) is 25.6. The Bertz CT molecular complexity index is 598. The molecule has 0 aromatic heterocycles. The van der Waals surface area contributed by atoms with E-state index in [1.54, 1.807) is 18.2 Å². The molecule has 0 aliphatic carbocycles. The van der Waals surface area contributed by atoms with Crippen molar-refractivity contribution in [2.75, 3.05) is 14.2 Å². The van der Waals surface area contributed by atoms with Crippen LogP contribution in [0.2, 0.25) is 0 Å². The van der Waals surface area contributed by atoms with Crippen LogP contribution in [0, 0.1) is 0 Å². The summed E-state index contributed by atoms with van der Waals surface area (Å²) in [5, 5.41) is 0. The van der Waals surface area contributed by atoms with E-state index in [1.165, 1.54) is 26.4 Å². The number of carbonyl (C=O) groups excluding carboxylic acids is 1. The number of hydrogen-bond acceptors (Lipinski definition) is 6. The van der Waals surface area contributed by atoms with Crippen molar-refractivity contribution in [2.24, 2.45) is 0 Å². The molecule has 1 fully saturated rings. The highest BCUT2D eigenvalue weighted by Crippen LogP contribution is 2.30.